The molecule has 8 heteroatoms. The van der Waals surface area contributed by atoms with E-state index >= 15 is 0 Å². The van der Waals surface area contributed by atoms with Gasteiger partial charge in [0.25, 0.3) is 5.56 Å². The molecule has 1 aliphatic rings. The lowest BCUT2D eigenvalue weighted by Crippen LogP contribution is -2.45. The van der Waals surface area contributed by atoms with E-state index in [1.165, 1.54) is 4.52 Å². The van der Waals surface area contributed by atoms with Crippen molar-refractivity contribution in [1.82, 2.24) is 19.9 Å². The summed E-state index contributed by atoms with van der Waals surface area (Å²) in [6.07, 6.45) is 3.38. The molecule has 1 aliphatic heterocycles. The topological polar surface area (TPSA) is 91.7 Å². The summed E-state index contributed by atoms with van der Waals surface area (Å²) in [5.74, 6) is 0.715. The highest BCUT2D eigenvalue weighted by molar-refractivity contribution is 5.79. The van der Waals surface area contributed by atoms with Crippen LogP contribution in [-0.4, -0.2) is 46.7 Å². The van der Waals surface area contributed by atoms with Gasteiger partial charge in [0.15, 0.2) is 5.65 Å². The molecule has 1 saturated heterocycles. The standard InChI is InChI=1S/C21H25N5O3/c1-14-16(21(28)26-19(23-14)7-10-22-26)13-20(27)24-15-8-11-25(12-9-15)17-5-3-4-6-18(17)29-2/h3-7,10,15,22H,8-9,11-13H2,1-2H3,(H,24,27). The van der Waals surface area contributed by atoms with Crippen molar-refractivity contribution in [3.05, 3.63) is 58.1 Å². The molecule has 2 aromatic heterocycles. The smallest absolute Gasteiger partial charge is 0.276 e. The van der Waals surface area contributed by atoms with Crippen molar-refractivity contribution in [2.24, 2.45) is 0 Å². The number of rotatable bonds is 5. The van der Waals surface area contributed by atoms with Gasteiger partial charge in [0.2, 0.25) is 5.91 Å². The minimum absolute atomic E-state index is 0.0341. The normalized spacial score (nSPS) is 14.9. The van der Waals surface area contributed by atoms with Gasteiger partial charge in [-0.15, -0.1) is 0 Å². The lowest BCUT2D eigenvalue weighted by molar-refractivity contribution is -0.121. The van der Waals surface area contributed by atoms with Crippen molar-refractivity contribution in [1.29, 1.82) is 0 Å². The van der Waals surface area contributed by atoms with Gasteiger partial charge < -0.3 is 15.0 Å². The van der Waals surface area contributed by atoms with Crippen LogP contribution in [0.4, 0.5) is 5.69 Å². The first-order valence-electron chi connectivity index (χ1n) is 9.80. The number of anilines is 1. The first kappa shape index (κ1) is 19.0. The van der Waals surface area contributed by atoms with Crippen molar-refractivity contribution in [3.63, 3.8) is 0 Å². The Balaban J connectivity index is 1.38. The third kappa shape index (κ3) is 3.83. The molecule has 4 rings (SSSR count). The molecule has 29 heavy (non-hydrogen) atoms. The van der Waals surface area contributed by atoms with Gasteiger partial charge in [-0.05, 0) is 31.9 Å². The number of aromatic nitrogens is 3. The van der Waals surface area contributed by atoms with Crippen LogP contribution < -0.4 is 20.5 Å². The number of nitrogens with zero attached hydrogens (tertiary/aromatic N) is 3. The Morgan fingerprint density at radius 2 is 2.03 bits per heavy atom. The molecule has 1 amide bonds. The maximum Gasteiger partial charge on any atom is 0.276 e. The molecule has 2 N–H and O–H groups in total. The van der Waals surface area contributed by atoms with Gasteiger partial charge in [0, 0.05) is 42.7 Å². The van der Waals surface area contributed by atoms with Crippen LogP contribution in [0.15, 0.2) is 41.3 Å². The van der Waals surface area contributed by atoms with E-state index in [2.05, 4.69) is 26.4 Å². The molecule has 152 valence electrons. The molecular weight excluding hydrogens is 370 g/mol. The highest BCUT2D eigenvalue weighted by Crippen LogP contribution is 2.29. The molecule has 3 aromatic rings. The number of aromatic amines is 1. The summed E-state index contributed by atoms with van der Waals surface area (Å²) >= 11 is 0. The second kappa shape index (κ2) is 7.98. The minimum Gasteiger partial charge on any atom is -0.495 e. The molecule has 1 fully saturated rings. The average molecular weight is 395 g/mol. The molecular formula is C21H25N5O3. The third-order valence-corrected chi connectivity index (χ3v) is 5.47. The van der Waals surface area contributed by atoms with E-state index in [1.54, 1.807) is 26.3 Å². The number of amides is 1. The van der Waals surface area contributed by atoms with Crippen molar-refractivity contribution < 1.29 is 9.53 Å². The van der Waals surface area contributed by atoms with Crippen LogP contribution in [0.3, 0.4) is 0 Å². The Labute approximate surface area is 168 Å². The number of carbonyl (C=O) groups is 1. The summed E-state index contributed by atoms with van der Waals surface area (Å²) in [6.45, 7) is 3.44. The van der Waals surface area contributed by atoms with Gasteiger partial charge in [-0.25, -0.2) is 9.50 Å². The number of fused-ring (bicyclic) bond motifs is 1. The first-order chi connectivity index (χ1) is 14.1. The number of piperidine rings is 1. The van der Waals surface area contributed by atoms with E-state index in [0.29, 0.717) is 16.9 Å². The predicted octanol–water partition coefficient (Wildman–Crippen LogP) is 1.67. The summed E-state index contributed by atoms with van der Waals surface area (Å²) < 4.78 is 6.81. The summed E-state index contributed by atoms with van der Waals surface area (Å²) in [7, 11) is 1.68. The number of H-pyrrole nitrogens is 1. The van der Waals surface area contributed by atoms with E-state index in [4.69, 9.17) is 4.74 Å². The fraction of sp³-hybridized carbons (Fsp3) is 0.381. The molecule has 1 aromatic carbocycles. The van der Waals surface area contributed by atoms with E-state index in [0.717, 1.165) is 37.4 Å². The lowest BCUT2D eigenvalue weighted by atomic mass is 10.0. The lowest BCUT2D eigenvalue weighted by Gasteiger charge is -2.34. The number of carbonyl (C=O) groups excluding carboxylic acids is 1. The number of methoxy groups -OCH3 is 1. The Hall–Kier alpha value is -3.29. The Morgan fingerprint density at radius 3 is 2.79 bits per heavy atom. The highest BCUT2D eigenvalue weighted by Gasteiger charge is 2.23. The van der Waals surface area contributed by atoms with Crippen LogP contribution in [-0.2, 0) is 11.2 Å². The largest absolute Gasteiger partial charge is 0.495 e. The van der Waals surface area contributed by atoms with Crippen molar-refractivity contribution in [3.8, 4) is 5.75 Å². The molecule has 8 nitrogen and oxygen atoms in total. The molecule has 0 spiro atoms. The summed E-state index contributed by atoms with van der Waals surface area (Å²) in [6, 6.07) is 9.80. The van der Waals surface area contributed by atoms with Gasteiger partial charge in [0.1, 0.15) is 5.75 Å². The summed E-state index contributed by atoms with van der Waals surface area (Å²) in [4.78, 5) is 31.8. The number of hydrogen-bond acceptors (Lipinski definition) is 5. The zero-order chi connectivity index (χ0) is 20.4. The number of hydrogen-bond donors (Lipinski definition) is 2. The SMILES string of the molecule is COc1ccccc1N1CCC(NC(=O)Cc2c(C)nc3cc[nH]n3c2=O)CC1. The maximum atomic E-state index is 12.6. The third-order valence-electron chi connectivity index (χ3n) is 5.47. The van der Waals surface area contributed by atoms with Crippen molar-refractivity contribution in [2.75, 3.05) is 25.1 Å². The molecule has 0 radical (unpaired) electrons. The fourth-order valence-corrected chi connectivity index (χ4v) is 3.90. The zero-order valence-electron chi connectivity index (χ0n) is 16.6. The van der Waals surface area contributed by atoms with Crippen molar-refractivity contribution in [2.45, 2.75) is 32.2 Å². The van der Waals surface area contributed by atoms with Gasteiger partial charge in [-0.3, -0.25) is 14.7 Å². The highest BCUT2D eigenvalue weighted by atomic mass is 16.5. The van der Waals surface area contributed by atoms with E-state index in [-0.39, 0.29) is 23.9 Å². The molecule has 0 saturated carbocycles. The van der Waals surface area contributed by atoms with Crippen molar-refractivity contribution >= 4 is 17.2 Å². The molecule has 0 atom stereocenters. The number of ether oxygens (including phenoxy) is 1. The van der Waals surface area contributed by atoms with Gasteiger partial charge in [-0.2, -0.15) is 0 Å². The first-order valence-corrected chi connectivity index (χ1v) is 9.80. The molecule has 3 heterocycles. The van der Waals surface area contributed by atoms with Crippen LogP contribution in [0.25, 0.3) is 5.65 Å². The van der Waals surface area contributed by atoms with Gasteiger partial charge in [-0.1, -0.05) is 12.1 Å². The average Bonchev–Trinajstić information content (AvgIpc) is 3.20. The van der Waals surface area contributed by atoms with Gasteiger partial charge >= 0.3 is 0 Å². The van der Waals surface area contributed by atoms with Gasteiger partial charge in [0.05, 0.1) is 19.2 Å². The predicted molar refractivity (Wildman–Crippen MR) is 111 cm³/mol. The summed E-state index contributed by atoms with van der Waals surface area (Å²) in [5.41, 5.74) is 2.43. The monoisotopic (exact) mass is 395 g/mol. The van der Waals surface area contributed by atoms with Crippen LogP contribution >= 0.6 is 0 Å². The Morgan fingerprint density at radius 1 is 1.28 bits per heavy atom. The Kier molecular flexibility index (Phi) is 5.24. The van der Waals surface area contributed by atoms with Crippen LogP contribution in [0, 0.1) is 6.92 Å². The number of nitrogens with one attached hydrogen (secondary N) is 2. The second-order valence-electron chi connectivity index (χ2n) is 7.31. The summed E-state index contributed by atoms with van der Waals surface area (Å²) in [5, 5.41) is 5.92. The quantitative estimate of drug-likeness (QED) is 0.686. The number of benzene rings is 1. The van der Waals surface area contributed by atoms with Crippen LogP contribution in [0.5, 0.6) is 5.75 Å². The van der Waals surface area contributed by atoms with E-state index < -0.39 is 0 Å². The molecule has 0 bridgehead atoms. The molecule has 0 unspecified atom stereocenters. The zero-order valence-corrected chi connectivity index (χ0v) is 16.6. The van der Waals surface area contributed by atoms with E-state index in [1.807, 2.05) is 18.2 Å². The minimum atomic E-state index is -0.223. The number of para-hydroxylation sites is 2. The second-order valence-corrected chi connectivity index (χ2v) is 7.31. The van der Waals surface area contributed by atoms with Crippen LogP contribution in [0.2, 0.25) is 0 Å². The van der Waals surface area contributed by atoms with Crippen LogP contribution in [0.1, 0.15) is 24.1 Å². The maximum absolute atomic E-state index is 12.6. The Bertz CT molecular complexity index is 1080. The molecule has 0 aliphatic carbocycles. The fourth-order valence-electron chi connectivity index (χ4n) is 3.90. The number of aryl methyl sites for hydroxylation is 1. The van der Waals surface area contributed by atoms with E-state index in [9.17, 15) is 9.59 Å².